The lowest BCUT2D eigenvalue weighted by Crippen LogP contribution is -2.11. The van der Waals surface area contributed by atoms with Crippen LogP contribution >= 0.6 is 0 Å². The number of hydrogen-bond acceptors (Lipinski definition) is 4. The summed E-state index contributed by atoms with van der Waals surface area (Å²) in [7, 11) is 0. The van der Waals surface area contributed by atoms with Gasteiger partial charge in [0, 0.05) is 0 Å². The number of esters is 1. The molecule has 16 heavy (non-hydrogen) atoms. The summed E-state index contributed by atoms with van der Waals surface area (Å²) in [5, 5.41) is 8.22. The van der Waals surface area contributed by atoms with Crippen LogP contribution < -0.4 is 0 Å². The molecule has 0 amide bonds. The predicted molar refractivity (Wildman–Crippen MR) is 59.1 cm³/mol. The first kappa shape index (κ1) is 12.7. The maximum Gasteiger partial charge on any atom is 0.338 e. The Morgan fingerprint density at radius 2 is 2.06 bits per heavy atom. The molecule has 0 bridgehead atoms. The second-order valence-electron chi connectivity index (χ2n) is 3.69. The summed E-state index contributed by atoms with van der Waals surface area (Å²) in [5.41, 5.74) is 0.550. The van der Waals surface area contributed by atoms with Gasteiger partial charge in [-0.1, -0.05) is 25.1 Å². The van der Waals surface area contributed by atoms with Gasteiger partial charge in [-0.05, 0) is 24.5 Å². The molecule has 0 saturated heterocycles. The fourth-order valence-corrected chi connectivity index (χ4v) is 1.22. The lowest BCUT2D eigenvalue weighted by molar-refractivity contribution is -0.250. The molecule has 1 unspecified atom stereocenters. The number of carbonyl (C=O) groups excluding carboxylic acids is 1. The molecule has 0 heterocycles. The van der Waals surface area contributed by atoms with Crippen LogP contribution in [0.1, 0.15) is 23.7 Å². The Bertz CT molecular complexity index is 310. The smallest absolute Gasteiger partial charge is 0.338 e. The minimum Gasteiger partial charge on any atom is -0.462 e. The van der Waals surface area contributed by atoms with Crippen LogP contribution in [0.5, 0.6) is 0 Å². The zero-order chi connectivity index (χ0) is 11.8. The molecular formula is C12H16O4. The number of carbonyl (C=O) groups is 1. The van der Waals surface area contributed by atoms with Gasteiger partial charge in [-0.3, -0.25) is 5.26 Å². The first-order valence-electron chi connectivity index (χ1n) is 5.22. The van der Waals surface area contributed by atoms with E-state index in [1.165, 1.54) is 0 Å². The molecule has 4 heteroatoms. The molecule has 1 atom stereocenters. The van der Waals surface area contributed by atoms with E-state index < -0.39 is 0 Å². The molecule has 0 saturated carbocycles. The molecular weight excluding hydrogens is 208 g/mol. The third-order valence-corrected chi connectivity index (χ3v) is 2.21. The van der Waals surface area contributed by atoms with Crippen molar-refractivity contribution in [3.8, 4) is 0 Å². The van der Waals surface area contributed by atoms with E-state index in [1.54, 1.807) is 24.3 Å². The Morgan fingerprint density at radius 1 is 1.38 bits per heavy atom. The van der Waals surface area contributed by atoms with Crippen LogP contribution in [0.3, 0.4) is 0 Å². The van der Waals surface area contributed by atoms with Gasteiger partial charge in [-0.25, -0.2) is 9.68 Å². The molecule has 0 spiro atoms. The van der Waals surface area contributed by atoms with Gasteiger partial charge in [-0.2, -0.15) is 0 Å². The molecule has 1 rings (SSSR count). The van der Waals surface area contributed by atoms with Gasteiger partial charge in [0.25, 0.3) is 0 Å². The van der Waals surface area contributed by atoms with Crippen LogP contribution in [-0.2, 0) is 9.62 Å². The highest BCUT2D eigenvalue weighted by Gasteiger charge is 2.07. The van der Waals surface area contributed by atoms with Crippen molar-refractivity contribution >= 4 is 5.97 Å². The Balaban J connectivity index is 2.26. The van der Waals surface area contributed by atoms with Crippen molar-refractivity contribution < 1.29 is 19.7 Å². The predicted octanol–water partition coefficient (Wildman–Crippen LogP) is 2.36. The molecule has 0 aliphatic rings. The minimum absolute atomic E-state index is 0.161. The lowest BCUT2D eigenvalue weighted by Gasteiger charge is -2.09. The number of rotatable bonds is 6. The zero-order valence-electron chi connectivity index (χ0n) is 9.26. The van der Waals surface area contributed by atoms with E-state index in [0.29, 0.717) is 18.6 Å². The average Bonchev–Trinajstić information content (AvgIpc) is 2.30. The van der Waals surface area contributed by atoms with Gasteiger partial charge in [-0.15, -0.1) is 0 Å². The van der Waals surface area contributed by atoms with Gasteiger partial charge in [0.05, 0.1) is 18.8 Å². The van der Waals surface area contributed by atoms with E-state index in [2.05, 4.69) is 4.89 Å². The zero-order valence-corrected chi connectivity index (χ0v) is 9.26. The highest BCUT2D eigenvalue weighted by Crippen LogP contribution is 2.05. The highest BCUT2D eigenvalue weighted by atomic mass is 17.1. The van der Waals surface area contributed by atoms with Crippen molar-refractivity contribution in [1.29, 1.82) is 0 Å². The number of hydrogen-bond donors (Lipinski definition) is 1. The monoisotopic (exact) mass is 224 g/mol. The average molecular weight is 224 g/mol. The fourth-order valence-electron chi connectivity index (χ4n) is 1.22. The first-order chi connectivity index (χ1) is 7.74. The van der Waals surface area contributed by atoms with E-state index >= 15 is 0 Å². The summed E-state index contributed by atoms with van der Waals surface area (Å²) in [4.78, 5) is 15.5. The Labute approximate surface area is 94.7 Å². The second kappa shape index (κ2) is 6.98. The van der Waals surface area contributed by atoms with E-state index in [-0.39, 0.29) is 18.5 Å². The maximum atomic E-state index is 11.5. The van der Waals surface area contributed by atoms with Gasteiger partial charge in [0.1, 0.15) is 0 Å². The SMILES string of the molecule is CC(CCOC(=O)c1ccccc1)COO. The number of benzene rings is 1. The first-order valence-corrected chi connectivity index (χ1v) is 5.22. The second-order valence-corrected chi connectivity index (χ2v) is 3.69. The summed E-state index contributed by atoms with van der Waals surface area (Å²) in [5.74, 6) is -0.161. The molecule has 1 N–H and O–H groups in total. The molecule has 1 aromatic rings. The van der Waals surface area contributed by atoms with Crippen LogP contribution in [0, 0.1) is 5.92 Å². The van der Waals surface area contributed by atoms with Gasteiger partial charge >= 0.3 is 5.97 Å². The van der Waals surface area contributed by atoms with Crippen molar-refractivity contribution in [3.63, 3.8) is 0 Å². The van der Waals surface area contributed by atoms with E-state index in [4.69, 9.17) is 9.99 Å². The Morgan fingerprint density at radius 3 is 2.69 bits per heavy atom. The van der Waals surface area contributed by atoms with E-state index in [1.807, 2.05) is 13.0 Å². The van der Waals surface area contributed by atoms with Crippen LogP contribution in [0.25, 0.3) is 0 Å². The molecule has 0 aromatic heterocycles. The molecule has 0 radical (unpaired) electrons. The van der Waals surface area contributed by atoms with Crippen molar-refractivity contribution in [2.75, 3.05) is 13.2 Å². The third-order valence-electron chi connectivity index (χ3n) is 2.21. The number of ether oxygens (including phenoxy) is 1. The Kier molecular flexibility index (Phi) is 5.53. The summed E-state index contributed by atoms with van der Waals surface area (Å²) < 4.78 is 5.07. The standard InChI is InChI=1S/C12H16O4/c1-10(9-16-14)7-8-15-12(13)11-5-3-2-4-6-11/h2-6,10,14H,7-9H2,1H3. The molecule has 1 aromatic carbocycles. The van der Waals surface area contributed by atoms with Crippen molar-refractivity contribution in [1.82, 2.24) is 0 Å². The summed E-state index contributed by atoms with van der Waals surface area (Å²) in [6.45, 7) is 2.49. The van der Waals surface area contributed by atoms with Crippen molar-refractivity contribution in [3.05, 3.63) is 35.9 Å². The molecule has 0 aliphatic heterocycles. The normalized spacial score (nSPS) is 12.1. The summed E-state index contributed by atoms with van der Waals surface area (Å²) >= 11 is 0. The van der Waals surface area contributed by atoms with Crippen LogP contribution in [-0.4, -0.2) is 24.4 Å². The quantitative estimate of drug-likeness (QED) is 0.458. The molecule has 0 fully saturated rings. The minimum atomic E-state index is -0.322. The van der Waals surface area contributed by atoms with Crippen LogP contribution in [0.2, 0.25) is 0 Å². The largest absolute Gasteiger partial charge is 0.462 e. The third kappa shape index (κ3) is 4.42. The van der Waals surface area contributed by atoms with Crippen LogP contribution in [0.15, 0.2) is 30.3 Å². The maximum absolute atomic E-state index is 11.5. The van der Waals surface area contributed by atoms with E-state index in [0.717, 1.165) is 0 Å². The molecule has 4 nitrogen and oxygen atoms in total. The fraction of sp³-hybridized carbons (Fsp3) is 0.417. The van der Waals surface area contributed by atoms with Crippen molar-refractivity contribution in [2.24, 2.45) is 5.92 Å². The Hall–Kier alpha value is -1.39. The van der Waals surface area contributed by atoms with Gasteiger partial charge < -0.3 is 4.74 Å². The van der Waals surface area contributed by atoms with Crippen LogP contribution in [0.4, 0.5) is 0 Å². The summed E-state index contributed by atoms with van der Waals surface area (Å²) in [6, 6.07) is 8.85. The van der Waals surface area contributed by atoms with Gasteiger partial charge in [0.15, 0.2) is 0 Å². The highest BCUT2D eigenvalue weighted by molar-refractivity contribution is 5.89. The molecule has 0 aliphatic carbocycles. The summed E-state index contributed by atoms with van der Waals surface area (Å²) in [6.07, 6.45) is 0.666. The lowest BCUT2D eigenvalue weighted by atomic mass is 10.1. The van der Waals surface area contributed by atoms with E-state index in [9.17, 15) is 4.79 Å². The van der Waals surface area contributed by atoms with Gasteiger partial charge in [0.2, 0.25) is 0 Å². The molecule has 88 valence electrons. The van der Waals surface area contributed by atoms with Crippen molar-refractivity contribution in [2.45, 2.75) is 13.3 Å². The topological polar surface area (TPSA) is 55.8 Å².